The van der Waals surface area contributed by atoms with Gasteiger partial charge in [-0.1, -0.05) is 13.8 Å². The number of anilines is 2. The highest BCUT2D eigenvalue weighted by Gasteiger charge is 2.34. The first-order valence-electron chi connectivity index (χ1n) is 7.06. The van der Waals surface area contributed by atoms with Gasteiger partial charge in [0.15, 0.2) is 6.10 Å². The molecule has 108 valence electrons. The summed E-state index contributed by atoms with van der Waals surface area (Å²) >= 11 is 3.59. The Bertz CT molecular complexity index is 555. The molecule has 0 radical (unpaired) electrons. The number of halogens is 1. The van der Waals surface area contributed by atoms with Gasteiger partial charge in [0, 0.05) is 28.3 Å². The van der Waals surface area contributed by atoms with Crippen LogP contribution in [0.25, 0.3) is 0 Å². The Balaban J connectivity index is 1.97. The van der Waals surface area contributed by atoms with Crippen molar-refractivity contribution in [1.82, 2.24) is 0 Å². The summed E-state index contributed by atoms with van der Waals surface area (Å²) < 4.78 is 0.944. The van der Waals surface area contributed by atoms with E-state index in [-0.39, 0.29) is 5.91 Å². The topological polar surface area (TPSA) is 52.6 Å². The fourth-order valence-electron chi connectivity index (χ4n) is 2.70. The second-order valence-corrected chi connectivity index (χ2v) is 6.91. The number of rotatable bonds is 4. The molecule has 2 N–H and O–H groups in total. The summed E-state index contributed by atoms with van der Waals surface area (Å²) in [6, 6.07) is 4.45. The maximum Gasteiger partial charge on any atom is 0.257 e. The minimum atomic E-state index is -1.05. The van der Waals surface area contributed by atoms with Gasteiger partial charge < -0.3 is 15.3 Å². The van der Waals surface area contributed by atoms with Crippen molar-refractivity contribution in [2.75, 3.05) is 16.8 Å². The van der Waals surface area contributed by atoms with E-state index in [0.29, 0.717) is 17.5 Å². The Morgan fingerprint density at radius 1 is 1.45 bits per heavy atom. The Morgan fingerprint density at radius 3 is 2.75 bits per heavy atom. The van der Waals surface area contributed by atoms with Crippen molar-refractivity contribution >= 4 is 33.2 Å². The Labute approximate surface area is 127 Å². The SMILES string of the molecule is CC(C)CN(c1cc2c(cc1Br)C(O)C(=O)N2)C1CC1. The minimum absolute atomic E-state index is 0.342. The van der Waals surface area contributed by atoms with E-state index >= 15 is 0 Å². The monoisotopic (exact) mass is 338 g/mol. The molecule has 1 saturated carbocycles. The number of fused-ring (bicyclic) bond motifs is 1. The summed E-state index contributed by atoms with van der Waals surface area (Å²) in [6.07, 6.45) is 1.41. The van der Waals surface area contributed by atoms with E-state index in [1.54, 1.807) is 0 Å². The van der Waals surface area contributed by atoms with Crippen LogP contribution >= 0.6 is 15.9 Å². The zero-order valence-corrected chi connectivity index (χ0v) is 13.3. The molecule has 0 aromatic heterocycles. The normalized spacial score (nSPS) is 21.1. The van der Waals surface area contributed by atoms with E-state index in [1.165, 1.54) is 12.8 Å². The fraction of sp³-hybridized carbons (Fsp3) is 0.533. The summed E-state index contributed by atoms with van der Waals surface area (Å²) in [4.78, 5) is 14.0. The van der Waals surface area contributed by atoms with E-state index in [2.05, 4.69) is 40.0 Å². The van der Waals surface area contributed by atoms with Crippen LogP contribution in [0.5, 0.6) is 0 Å². The maximum absolute atomic E-state index is 11.6. The van der Waals surface area contributed by atoms with Gasteiger partial charge in [0.2, 0.25) is 0 Å². The average molecular weight is 339 g/mol. The van der Waals surface area contributed by atoms with Gasteiger partial charge in [-0.15, -0.1) is 0 Å². The van der Waals surface area contributed by atoms with E-state index in [4.69, 9.17) is 0 Å². The summed E-state index contributed by atoms with van der Waals surface area (Å²) in [5, 5.41) is 12.6. The highest BCUT2D eigenvalue weighted by atomic mass is 79.9. The second-order valence-electron chi connectivity index (χ2n) is 6.06. The lowest BCUT2D eigenvalue weighted by atomic mass is 10.1. The summed E-state index contributed by atoms with van der Waals surface area (Å²) in [5.74, 6) is 0.238. The van der Waals surface area contributed by atoms with Crippen LogP contribution in [0.15, 0.2) is 16.6 Å². The van der Waals surface area contributed by atoms with Gasteiger partial charge in [-0.25, -0.2) is 0 Å². The number of benzene rings is 1. The molecule has 1 fully saturated rings. The highest BCUT2D eigenvalue weighted by molar-refractivity contribution is 9.10. The molecule has 1 atom stereocenters. The van der Waals surface area contributed by atoms with Crippen LogP contribution in [-0.4, -0.2) is 23.6 Å². The molecular formula is C15H19BrN2O2. The molecule has 1 aromatic carbocycles. The number of aliphatic hydroxyl groups is 1. The van der Waals surface area contributed by atoms with Crippen LogP contribution < -0.4 is 10.2 Å². The molecule has 1 amide bonds. The average Bonchev–Trinajstić information content (AvgIpc) is 3.17. The summed E-state index contributed by atoms with van der Waals surface area (Å²) in [5.41, 5.74) is 2.50. The van der Waals surface area contributed by atoms with Gasteiger partial charge in [-0.05, 0) is 46.8 Å². The quantitative estimate of drug-likeness (QED) is 0.887. The van der Waals surface area contributed by atoms with Crippen molar-refractivity contribution in [3.63, 3.8) is 0 Å². The molecule has 0 spiro atoms. The molecule has 1 heterocycles. The molecule has 1 unspecified atom stereocenters. The summed E-state index contributed by atoms with van der Waals surface area (Å²) in [7, 11) is 0. The first-order valence-corrected chi connectivity index (χ1v) is 7.85. The number of nitrogens with zero attached hydrogens (tertiary/aromatic N) is 1. The van der Waals surface area contributed by atoms with Crippen molar-refractivity contribution in [3.8, 4) is 0 Å². The third kappa shape index (κ3) is 2.44. The number of hydrogen-bond donors (Lipinski definition) is 2. The predicted molar refractivity (Wildman–Crippen MR) is 82.9 cm³/mol. The molecule has 1 aromatic rings. The zero-order chi connectivity index (χ0) is 14.4. The first kappa shape index (κ1) is 13.9. The van der Waals surface area contributed by atoms with E-state index in [0.717, 1.165) is 22.4 Å². The lowest BCUT2D eigenvalue weighted by Crippen LogP contribution is -2.30. The first-order chi connectivity index (χ1) is 9.47. The number of carbonyl (C=O) groups is 1. The lowest BCUT2D eigenvalue weighted by molar-refractivity contribution is -0.123. The van der Waals surface area contributed by atoms with Crippen LogP contribution in [0.2, 0.25) is 0 Å². The van der Waals surface area contributed by atoms with Gasteiger partial charge >= 0.3 is 0 Å². The largest absolute Gasteiger partial charge is 0.378 e. The Morgan fingerprint density at radius 2 is 2.15 bits per heavy atom. The smallest absolute Gasteiger partial charge is 0.257 e. The molecule has 1 aliphatic heterocycles. The number of carbonyl (C=O) groups excluding carboxylic acids is 1. The van der Waals surface area contributed by atoms with Crippen molar-refractivity contribution in [2.24, 2.45) is 5.92 Å². The van der Waals surface area contributed by atoms with Crippen LogP contribution in [-0.2, 0) is 4.79 Å². The number of hydrogen-bond acceptors (Lipinski definition) is 3. The maximum atomic E-state index is 11.6. The fourth-order valence-corrected chi connectivity index (χ4v) is 3.29. The molecule has 20 heavy (non-hydrogen) atoms. The predicted octanol–water partition coefficient (Wildman–Crippen LogP) is 3.06. The molecule has 0 saturated heterocycles. The van der Waals surface area contributed by atoms with Crippen LogP contribution in [0.3, 0.4) is 0 Å². The van der Waals surface area contributed by atoms with Gasteiger partial charge in [-0.2, -0.15) is 0 Å². The second kappa shape index (κ2) is 5.04. The third-order valence-electron chi connectivity index (χ3n) is 3.78. The number of nitrogens with one attached hydrogen (secondary N) is 1. The van der Waals surface area contributed by atoms with Crippen LogP contribution in [0.1, 0.15) is 38.4 Å². The molecule has 4 nitrogen and oxygen atoms in total. The van der Waals surface area contributed by atoms with Gasteiger partial charge in [0.25, 0.3) is 5.91 Å². The highest BCUT2D eigenvalue weighted by Crippen LogP contribution is 2.42. The summed E-state index contributed by atoms with van der Waals surface area (Å²) in [6.45, 7) is 5.42. The van der Waals surface area contributed by atoms with Gasteiger partial charge in [0.05, 0.1) is 5.69 Å². The van der Waals surface area contributed by atoms with E-state index in [1.807, 2.05) is 12.1 Å². The number of aliphatic hydroxyl groups excluding tert-OH is 1. The van der Waals surface area contributed by atoms with Crippen LogP contribution in [0.4, 0.5) is 11.4 Å². The Kier molecular flexibility index (Phi) is 3.50. The molecule has 0 bridgehead atoms. The standard InChI is InChI=1S/C15H19BrN2O2/c1-8(2)7-18(9-3-4-9)13-6-12-10(5-11(13)16)14(19)15(20)17-12/h5-6,8-9,14,19H,3-4,7H2,1-2H3,(H,17,20). The van der Waals surface area contributed by atoms with Crippen molar-refractivity contribution in [3.05, 3.63) is 22.2 Å². The molecule has 3 rings (SSSR count). The van der Waals surface area contributed by atoms with Crippen molar-refractivity contribution in [1.29, 1.82) is 0 Å². The van der Waals surface area contributed by atoms with Gasteiger partial charge in [0.1, 0.15) is 0 Å². The van der Waals surface area contributed by atoms with Gasteiger partial charge in [-0.3, -0.25) is 4.79 Å². The number of amides is 1. The molecule has 2 aliphatic rings. The lowest BCUT2D eigenvalue weighted by Gasteiger charge is -2.28. The van der Waals surface area contributed by atoms with E-state index < -0.39 is 6.10 Å². The Hall–Kier alpha value is -1.07. The van der Waals surface area contributed by atoms with Crippen molar-refractivity contribution in [2.45, 2.75) is 38.8 Å². The van der Waals surface area contributed by atoms with E-state index in [9.17, 15) is 9.90 Å². The minimum Gasteiger partial charge on any atom is -0.378 e. The third-order valence-corrected chi connectivity index (χ3v) is 4.41. The zero-order valence-electron chi connectivity index (χ0n) is 11.7. The molecule has 1 aliphatic carbocycles. The van der Waals surface area contributed by atoms with Crippen molar-refractivity contribution < 1.29 is 9.90 Å². The molecule has 5 heteroatoms. The van der Waals surface area contributed by atoms with Crippen LogP contribution in [0, 0.1) is 5.92 Å². The molecular weight excluding hydrogens is 320 g/mol.